The summed E-state index contributed by atoms with van der Waals surface area (Å²) in [6.07, 6.45) is -0.480. The summed E-state index contributed by atoms with van der Waals surface area (Å²) in [5, 5.41) is 0.641. The van der Waals surface area contributed by atoms with Gasteiger partial charge in [0.1, 0.15) is 0 Å². The molecule has 0 saturated carbocycles. The van der Waals surface area contributed by atoms with Crippen LogP contribution in [0.25, 0.3) is 0 Å². The molecule has 0 bridgehead atoms. The summed E-state index contributed by atoms with van der Waals surface area (Å²) in [6, 6.07) is 7.44. The summed E-state index contributed by atoms with van der Waals surface area (Å²) in [5.41, 5.74) is 0.786. The van der Waals surface area contributed by atoms with Crippen LogP contribution in [0.4, 0.5) is 0 Å². The lowest BCUT2D eigenvalue weighted by Gasteiger charge is -2.09. The maximum atomic E-state index is 5.98. The molecule has 0 amide bonds. The summed E-state index contributed by atoms with van der Waals surface area (Å²) < 4.78 is 10.6. The number of benzene rings is 1. The first-order valence-corrected chi connectivity index (χ1v) is 5.65. The fourth-order valence-electron chi connectivity index (χ4n) is 1.13. The molecular weight excluding hydrogens is 224 g/mol. The van der Waals surface area contributed by atoms with Gasteiger partial charge < -0.3 is 9.47 Å². The Kier molecular flexibility index (Phi) is 5.95. The molecule has 0 aliphatic heterocycles. The predicted molar refractivity (Wildman–Crippen MR) is 65.4 cm³/mol. The van der Waals surface area contributed by atoms with E-state index in [1.807, 2.05) is 38.1 Å². The smallest absolute Gasteiger partial charge is 0.222 e. The van der Waals surface area contributed by atoms with Crippen molar-refractivity contribution in [3.63, 3.8) is 0 Å². The van der Waals surface area contributed by atoms with Crippen molar-refractivity contribution in [2.75, 3.05) is 13.2 Å². The molecule has 86 valence electrons. The SMILES string of the molecule is CCOC(C#Cc1ccccc1Cl)OCC. The van der Waals surface area contributed by atoms with E-state index in [0.717, 1.165) is 5.56 Å². The van der Waals surface area contributed by atoms with Crippen molar-refractivity contribution in [3.8, 4) is 11.8 Å². The van der Waals surface area contributed by atoms with Crippen LogP contribution < -0.4 is 0 Å². The second-order valence-electron chi connectivity index (χ2n) is 2.99. The van der Waals surface area contributed by atoms with Gasteiger partial charge >= 0.3 is 0 Å². The maximum absolute atomic E-state index is 5.98. The van der Waals surface area contributed by atoms with Gasteiger partial charge in [-0.25, -0.2) is 0 Å². The Hall–Kier alpha value is -1.01. The van der Waals surface area contributed by atoms with Gasteiger partial charge in [-0.15, -0.1) is 0 Å². The third-order valence-corrected chi connectivity index (χ3v) is 2.16. The molecule has 0 heterocycles. The zero-order chi connectivity index (χ0) is 11.8. The minimum absolute atomic E-state index is 0.480. The maximum Gasteiger partial charge on any atom is 0.222 e. The molecule has 2 nitrogen and oxygen atoms in total. The van der Waals surface area contributed by atoms with Gasteiger partial charge in [0.05, 0.1) is 5.02 Å². The van der Waals surface area contributed by atoms with Crippen molar-refractivity contribution in [2.24, 2.45) is 0 Å². The number of hydrogen-bond acceptors (Lipinski definition) is 2. The Labute approximate surface area is 102 Å². The lowest BCUT2D eigenvalue weighted by atomic mass is 10.2. The molecule has 3 heteroatoms. The van der Waals surface area contributed by atoms with Crippen molar-refractivity contribution in [3.05, 3.63) is 34.9 Å². The molecule has 0 N–H and O–H groups in total. The van der Waals surface area contributed by atoms with Crippen LogP contribution >= 0.6 is 11.6 Å². The van der Waals surface area contributed by atoms with Gasteiger partial charge in [0, 0.05) is 18.8 Å². The molecule has 16 heavy (non-hydrogen) atoms. The second-order valence-corrected chi connectivity index (χ2v) is 3.40. The predicted octanol–water partition coefficient (Wildman–Crippen LogP) is 3.09. The molecular formula is C13H15ClO2. The fraction of sp³-hybridized carbons (Fsp3) is 0.385. The highest BCUT2D eigenvalue weighted by molar-refractivity contribution is 6.31. The summed E-state index contributed by atoms with van der Waals surface area (Å²) in [7, 11) is 0. The first-order chi connectivity index (χ1) is 7.77. The molecule has 0 fully saturated rings. The summed E-state index contributed by atoms with van der Waals surface area (Å²) in [6.45, 7) is 4.95. The van der Waals surface area contributed by atoms with Gasteiger partial charge in [-0.3, -0.25) is 0 Å². The van der Waals surface area contributed by atoms with Crippen LogP contribution in [0.1, 0.15) is 19.4 Å². The van der Waals surface area contributed by atoms with Crippen LogP contribution in [0.3, 0.4) is 0 Å². The Balaban J connectivity index is 2.74. The highest BCUT2D eigenvalue weighted by Crippen LogP contribution is 2.13. The van der Waals surface area contributed by atoms with E-state index in [2.05, 4.69) is 11.8 Å². The van der Waals surface area contributed by atoms with Gasteiger partial charge in [0.2, 0.25) is 6.29 Å². The molecule has 1 aromatic carbocycles. The Morgan fingerprint density at radius 1 is 1.19 bits per heavy atom. The number of halogens is 1. The minimum Gasteiger partial charge on any atom is -0.342 e. The van der Waals surface area contributed by atoms with E-state index in [0.29, 0.717) is 18.2 Å². The van der Waals surface area contributed by atoms with Gasteiger partial charge in [-0.1, -0.05) is 29.7 Å². The molecule has 0 unspecified atom stereocenters. The van der Waals surface area contributed by atoms with Crippen molar-refractivity contribution >= 4 is 11.6 Å². The van der Waals surface area contributed by atoms with Crippen LogP contribution in [0, 0.1) is 11.8 Å². The van der Waals surface area contributed by atoms with Crippen LogP contribution in [0.2, 0.25) is 5.02 Å². The van der Waals surface area contributed by atoms with Crippen LogP contribution in [-0.4, -0.2) is 19.5 Å². The van der Waals surface area contributed by atoms with E-state index in [1.54, 1.807) is 0 Å². The first kappa shape index (κ1) is 13.1. The van der Waals surface area contributed by atoms with Gasteiger partial charge in [-0.05, 0) is 31.9 Å². The third kappa shape index (κ3) is 4.24. The number of ether oxygens (including phenoxy) is 2. The lowest BCUT2D eigenvalue weighted by molar-refractivity contribution is -0.0969. The molecule has 0 saturated heterocycles. The van der Waals surface area contributed by atoms with Crippen molar-refractivity contribution in [2.45, 2.75) is 20.1 Å². The topological polar surface area (TPSA) is 18.5 Å². The zero-order valence-corrected chi connectivity index (χ0v) is 10.3. The zero-order valence-electron chi connectivity index (χ0n) is 9.50. The Bertz CT molecular complexity index is 373. The molecule has 0 spiro atoms. The molecule has 0 aliphatic carbocycles. The second kappa shape index (κ2) is 7.29. The van der Waals surface area contributed by atoms with Gasteiger partial charge in [0.15, 0.2) is 0 Å². The summed E-state index contributed by atoms with van der Waals surface area (Å²) in [5.74, 6) is 5.85. The monoisotopic (exact) mass is 238 g/mol. The molecule has 1 aromatic rings. The van der Waals surface area contributed by atoms with Gasteiger partial charge in [-0.2, -0.15) is 0 Å². The van der Waals surface area contributed by atoms with E-state index in [4.69, 9.17) is 21.1 Å². The molecule has 0 atom stereocenters. The highest BCUT2D eigenvalue weighted by Gasteiger charge is 2.02. The van der Waals surface area contributed by atoms with E-state index in [1.165, 1.54) is 0 Å². The molecule has 0 radical (unpaired) electrons. The highest BCUT2D eigenvalue weighted by atomic mass is 35.5. The molecule has 1 rings (SSSR count). The van der Waals surface area contributed by atoms with E-state index >= 15 is 0 Å². The number of rotatable bonds is 4. The average Bonchev–Trinajstić information content (AvgIpc) is 2.28. The van der Waals surface area contributed by atoms with Crippen molar-refractivity contribution in [1.29, 1.82) is 0 Å². The third-order valence-electron chi connectivity index (χ3n) is 1.83. The van der Waals surface area contributed by atoms with Crippen LogP contribution in [-0.2, 0) is 9.47 Å². The minimum atomic E-state index is -0.480. The van der Waals surface area contributed by atoms with E-state index < -0.39 is 6.29 Å². The largest absolute Gasteiger partial charge is 0.342 e. The van der Waals surface area contributed by atoms with Gasteiger partial charge in [0.25, 0.3) is 0 Å². The van der Waals surface area contributed by atoms with E-state index in [-0.39, 0.29) is 0 Å². The normalized spacial score (nSPS) is 10.0. The lowest BCUT2D eigenvalue weighted by Crippen LogP contribution is -2.14. The summed E-state index contributed by atoms with van der Waals surface area (Å²) in [4.78, 5) is 0. The Morgan fingerprint density at radius 3 is 2.38 bits per heavy atom. The summed E-state index contributed by atoms with van der Waals surface area (Å²) >= 11 is 5.98. The van der Waals surface area contributed by atoms with Crippen molar-refractivity contribution < 1.29 is 9.47 Å². The quantitative estimate of drug-likeness (QED) is 0.593. The van der Waals surface area contributed by atoms with Crippen molar-refractivity contribution in [1.82, 2.24) is 0 Å². The first-order valence-electron chi connectivity index (χ1n) is 5.27. The molecule has 0 aliphatic rings. The fourth-order valence-corrected chi connectivity index (χ4v) is 1.32. The Morgan fingerprint density at radius 2 is 1.81 bits per heavy atom. The van der Waals surface area contributed by atoms with Crippen LogP contribution in [0.15, 0.2) is 24.3 Å². The average molecular weight is 239 g/mol. The number of hydrogen-bond donors (Lipinski definition) is 0. The van der Waals surface area contributed by atoms with Crippen LogP contribution in [0.5, 0.6) is 0 Å². The standard InChI is InChI=1S/C13H15ClO2/c1-3-15-13(16-4-2)10-9-11-7-5-6-8-12(11)14/h5-8,13H,3-4H2,1-2H3. The molecule has 0 aromatic heterocycles. The van der Waals surface area contributed by atoms with E-state index in [9.17, 15) is 0 Å².